The normalized spacial score (nSPS) is 14.9. The molecule has 0 radical (unpaired) electrons. The van der Waals surface area contributed by atoms with E-state index in [2.05, 4.69) is 10.3 Å². The molecule has 0 spiro atoms. The minimum Gasteiger partial charge on any atom is -0.486 e. The SMILES string of the molecule is CNCCC(Oc1ccc(CN2CCN(C)c3nc(OC)ccc3OS2)c(F)c1)c1ccccc1. The second-order valence-electron chi connectivity index (χ2n) is 8.28. The molecule has 1 unspecified atom stereocenters. The molecule has 35 heavy (non-hydrogen) atoms. The first-order chi connectivity index (χ1) is 17.1. The number of pyridine rings is 1. The van der Waals surface area contributed by atoms with Crippen LogP contribution in [0, 0.1) is 5.82 Å². The molecule has 4 rings (SSSR count). The van der Waals surface area contributed by atoms with E-state index in [0.717, 1.165) is 24.3 Å². The Hall–Kier alpha value is -3.01. The van der Waals surface area contributed by atoms with Crippen LogP contribution in [0.2, 0.25) is 0 Å². The van der Waals surface area contributed by atoms with Crippen molar-refractivity contribution in [3.63, 3.8) is 0 Å². The van der Waals surface area contributed by atoms with Crippen molar-refractivity contribution in [1.82, 2.24) is 14.6 Å². The molecule has 9 heteroatoms. The summed E-state index contributed by atoms with van der Waals surface area (Å²) in [6.45, 7) is 2.56. The van der Waals surface area contributed by atoms with Gasteiger partial charge < -0.3 is 23.9 Å². The summed E-state index contributed by atoms with van der Waals surface area (Å²) in [6, 6.07) is 18.7. The van der Waals surface area contributed by atoms with Gasteiger partial charge in [0.25, 0.3) is 0 Å². The lowest BCUT2D eigenvalue weighted by Crippen LogP contribution is -2.32. The minimum atomic E-state index is -0.300. The maximum Gasteiger partial charge on any atom is 0.215 e. The molecule has 7 nitrogen and oxygen atoms in total. The Kier molecular flexibility index (Phi) is 8.68. The Labute approximate surface area is 210 Å². The van der Waals surface area contributed by atoms with Gasteiger partial charge in [-0.2, -0.15) is 4.98 Å². The molecule has 1 aliphatic rings. The van der Waals surface area contributed by atoms with Gasteiger partial charge in [0.2, 0.25) is 5.88 Å². The molecule has 0 amide bonds. The summed E-state index contributed by atoms with van der Waals surface area (Å²) in [4.78, 5) is 6.49. The van der Waals surface area contributed by atoms with E-state index < -0.39 is 0 Å². The van der Waals surface area contributed by atoms with E-state index in [-0.39, 0.29) is 11.9 Å². The second-order valence-corrected chi connectivity index (χ2v) is 9.11. The third kappa shape index (κ3) is 6.56. The van der Waals surface area contributed by atoms with E-state index in [4.69, 9.17) is 13.7 Å². The molecule has 1 atom stereocenters. The van der Waals surface area contributed by atoms with Crippen molar-refractivity contribution in [3.8, 4) is 17.4 Å². The smallest absolute Gasteiger partial charge is 0.215 e. The Balaban J connectivity index is 1.43. The Morgan fingerprint density at radius 2 is 1.97 bits per heavy atom. The highest BCUT2D eigenvalue weighted by atomic mass is 32.2. The average Bonchev–Trinajstić information content (AvgIpc) is 2.88. The van der Waals surface area contributed by atoms with Gasteiger partial charge in [-0.3, -0.25) is 0 Å². The number of fused-ring (bicyclic) bond motifs is 1. The van der Waals surface area contributed by atoms with E-state index in [9.17, 15) is 0 Å². The second kappa shape index (κ2) is 12.1. The molecular weight excluding hydrogens is 467 g/mol. The molecule has 2 heterocycles. The van der Waals surface area contributed by atoms with Crippen LogP contribution in [0.3, 0.4) is 0 Å². The number of nitrogens with zero attached hydrogens (tertiary/aromatic N) is 3. The molecule has 1 aromatic heterocycles. The molecule has 0 fully saturated rings. The number of halogens is 1. The number of ether oxygens (including phenoxy) is 2. The van der Waals surface area contributed by atoms with E-state index in [1.807, 2.05) is 65.8 Å². The van der Waals surface area contributed by atoms with Gasteiger partial charge in [0.1, 0.15) is 29.9 Å². The van der Waals surface area contributed by atoms with E-state index >= 15 is 4.39 Å². The molecule has 0 saturated carbocycles. The zero-order valence-corrected chi connectivity index (χ0v) is 21.1. The van der Waals surface area contributed by atoms with Crippen LogP contribution in [-0.4, -0.2) is 50.1 Å². The first kappa shape index (κ1) is 25.1. The van der Waals surface area contributed by atoms with Crippen LogP contribution in [0.1, 0.15) is 23.7 Å². The number of hydrogen-bond acceptors (Lipinski definition) is 8. The highest BCUT2D eigenvalue weighted by Gasteiger charge is 2.21. The number of likely N-dealkylation sites (N-methyl/N-ethyl adjacent to an activating group) is 1. The lowest BCUT2D eigenvalue weighted by atomic mass is 10.1. The van der Waals surface area contributed by atoms with Crippen LogP contribution < -0.4 is 23.9 Å². The van der Waals surface area contributed by atoms with Gasteiger partial charge in [-0.05, 0) is 31.3 Å². The van der Waals surface area contributed by atoms with Gasteiger partial charge in [0.15, 0.2) is 11.6 Å². The van der Waals surface area contributed by atoms with Crippen molar-refractivity contribution in [2.24, 2.45) is 0 Å². The summed E-state index contributed by atoms with van der Waals surface area (Å²) < 4.78 is 34.4. The van der Waals surface area contributed by atoms with Gasteiger partial charge in [-0.1, -0.05) is 36.4 Å². The van der Waals surface area contributed by atoms with Crippen molar-refractivity contribution in [2.75, 3.05) is 45.7 Å². The molecule has 0 aliphatic carbocycles. The number of hydrogen-bond donors (Lipinski definition) is 1. The molecular formula is C26H31FN4O3S. The highest BCUT2D eigenvalue weighted by molar-refractivity contribution is 7.92. The predicted octanol–water partition coefficient (Wildman–Crippen LogP) is 4.85. The van der Waals surface area contributed by atoms with Crippen molar-refractivity contribution in [3.05, 3.63) is 77.6 Å². The largest absolute Gasteiger partial charge is 0.486 e. The summed E-state index contributed by atoms with van der Waals surface area (Å²) in [5, 5.41) is 3.16. The van der Waals surface area contributed by atoms with Crippen LogP contribution in [0.25, 0.3) is 0 Å². The minimum absolute atomic E-state index is 0.157. The third-order valence-electron chi connectivity index (χ3n) is 5.78. The monoisotopic (exact) mass is 498 g/mol. The van der Waals surface area contributed by atoms with Crippen molar-refractivity contribution < 1.29 is 18.0 Å². The average molecular weight is 499 g/mol. The fraction of sp³-hybridized carbons (Fsp3) is 0.346. The van der Waals surface area contributed by atoms with Crippen molar-refractivity contribution >= 4 is 18.0 Å². The summed E-state index contributed by atoms with van der Waals surface area (Å²) in [5.74, 6) is 2.11. The van der Waals surface area contributed by atoms with E-state index in [1.54, 1.807) is 19.2 Å². The summed E-state index contributed by atoms with van der Waals surface area (Å²) in [6.07, 6.45) is 0.622. The molecule has 1 N–H and O–H groups in total. The zero-order valence-electron chi connectivity index (χ0n) is 20.2. The fourth-order valence-corrected chi connectivity index (χ4v) is 4.46. The number of benzene rings is 2. The van der Waals surface area contributed by atoms with Crippen LogP contribution >= 0.6 is 12.2 Å². The molecule has 0 bridgehead atoms. The first-order valence-corrected chi connectivity index (χ1v) is 12.3. The van der Waals surface area contributed by atoms with Gasteiger partial charge in [-0.15, -0.1) is 0 Å². The lowest BCUT2D eigenvalue weighted by molar-refractivity contribution is 0.194. The van der Waals surface area contributed by atoms with Crippen LogP contribution in [0.15, 0.2) is 60.7 Å². The maximum absolute atomic E-state index is 15.1. The topological polar surface area (TPSA) is 59.1 Å². The summed E-state index contributed by atoms with van der Waals surface area (Å²) in [5.41, 5.74) is 1.65. The number of rotatable bonds is 9. The molecule has 186 valence electrons. The highest BCUT2D eigenvalue weighted by Crippen LogP contribution is 2.34. The summed E-state index contributed by atoms with van der Waals surface area (Å²) >= 11 is 1.20. The van der Waals surface area contributed by atoms with Crippen LogP contribution in [0.4, 0.5) is 10.2 Å². The van der Waals surface area contributed by atoms with Gasteiger partial charge in [-0.25, -0.2) is 8.70 Å². The molecule has 1 aliphatic heterocycles. The first-order valence-electron chi connectivity index (χ1n) is 11.6. The molecule has 0 saturated heterocycles. The molecule has 3 aromatic rings. The number of anilines is 1. The Bertz CT molecular complexity index is 1110. The van der Waals surface area contributed by atoms with E-state index in [1.165, 1.54) is 18.3 Å². The Morgan fingerprint density at radius 3 is 2.71 bits per heavy atom. The lowest BCUT2D eigenvalue weighted by Gasteiger charge is -2.29. The third-order valence-corrected chi connectivity index (χ3v) is 6.56. The van der Waals surface area contributed by atoms with Crippen molar-refractivity contribution in [1.29, 1.82) is 0 Å². The number of aromatic nitrogens is 1. The standard InChI is InChI=1S/C26H31FN4O3S/c1-28-14-13-23(19-7-5-4-6-8-19)33-21-10-9-20(22(27)17-21)18-31-16-15-30(2)26-24(34-35-31)11-12-25(29-26)32-3/h4-12,17,23,28H,13-16,18H2,1-3H3. The van der Waals surface area contributed by atoms with Gasteiger partial charge in [0.05, 0.1) is 7.11 Å². The van der Waals surface area contributed by atoms with Gasteiger partial charge >= 0.3 is 0 Å². The zero-order chi connectivity index (χ0) is 24.6. The van der Waals surface area contributed by atoms with Crippen LogP contribution in [-0.2, 0) is 6.54 Å². The molecule has 2 aromatic carbocycles. The fourth-order valence-electron chi connectivity index (χ4n) is 3.79. The van der Waals surface area contributed by atoms with Gasteiger partial charge in [0, 0.05) is 50.8 Å². The van der Waals surface area contributed by atoms with Crippen molar-refractivity contribution in [2.45, 2.75) is 19.1 Å². The van der Waals surface area contributed by atoms with E-state index in [0.29, 0.717) is 42.6 Å². The summed E-state index contributed by atoms with van der Waals surface area (Å²) in [7, 11) is 5.45. The predicted molar refractivity (Wildman–Crippen MR) is 137 cm³/mol. The quantitative estimate of drug-likeness (QED) is 0.332. The Morgan fingerprint density at radius 1 is 1.14 bits per heavy atom. The number of nitrogens with one attached hydrogen (secondary N) is 1. The maximum atomic E-state index is 15.1. The number of methoxy groups -OCH3 is 1. The van der Waals surface area contributed by atoms with Crippen LogP contribution in [0.5, 0.6) is 17.4 Å².